The molecule has 0 unspecified atom stereocenters. The second-order valence-electron chi connectivity index (χ2n) is 6.43. The minimum absolute atomic E-state index is 0.206. The van der Waals surface area contributed by atoms with Crippen LogP contribution in [0.15, 0.2) is 77.9 Å². The number of hydrogen-bond donors (Lipinski definition) is 2. The van der Waals surface area contributed by atoms with Crippen LogP contribution in [-0.4, -0.2) is 18.0 Å². The van der Waals surface area contributed by atoms with Crippen LogP contribution in [0.4, 0.5) is 0 Å². The molecule has 3 aromatic rings. The lowest BCUT2D eigenvalue weighted by Gasteiger charge is -2.09. The average Bonchev–Trinajstić information content (AvgIpc) is 2.78. The van der Waals surface area contributed by atoms with Crippen molar-refractivity contribution in [1.29, 1.82) is 0 Å². The minimum atomic E-state index is -0.854. The summed E-state index contributed by atoms with van der Waals surface area (Å²) in [7, 11) is 0. The molecule has 31 heavy (non-hydrogen) atoms. The van der Waals surface area contributed by atoms with Gasteiger partial charge in [0, 0.05) is 22.2 Å². The fourth-order valence-corrected chi connectivity index (χ4v) is 3.09. The van der Waals surface area contributed by atoms with E-state index in [1.165, 1.54) is 6.21 Å². The molecule has 0 radical (unpaired) electrons. The number of carbonyl (C=O) groups excluding carboxylic acids is 2. The van der Waals surface area contributed by atoms with E-state index in [0.717, 1.165) is 5.56 Å². The van der Waals surface area contributed by atoms with Gasteiger partial charge in [-0.25, -0.2) is 5.43 Å². The zero-order valence-corrected chi connectivity index (χ0v) is 17.9. The number of ether oxygens (including phenoxy) is 1. The van der Waals surface area contributed by atoms with Gasteiger partial charge in [0.15, 0.2) is 0 Å². The average molecular weight is 456 g/mol. The molecule has 0 aromatic heterocycles. The fourth-order valence-electron chi connectivity index (χ4n) is 2.59. The molecule has 0 saturated carbocycles. The first-order valence-corrected chi connectivity index (χ1v) is 10.1. The standard InChI is InChI=1S/C23H19Cl2N3O3/c24-20-10-5-11-21(25)19(20)15-31-18-9-4-8-17(12-18)14-27-28-23(30)22(29)26-13-16-6-2-1-3-7-16/h1-12,14H,13,15H2,(H,26,29)(H,28,30)/b27-14+. The van der Waals surface area contributed by atoms with Crippen molar-refractivity contribution in [2.24, 2.45) is 5.10 Å². The maximum Gasteiger partial charge on any atom is 0.329 e. The van der Waals surface area contributed by atoms with Gasteiger partial charge < -0.3 is 10.1 Å². The second-order valence-corrected chi connectivity index (χ2v) is 7.24. The second kappa shape index (κ2) is 11.2. The number of hydrogen-bond acceptors (Lipinski definition) is 4. The quantitative estimate of drug-likeness (QED) is 0.316. The highest BCUT2D eigenvalue weighted by Gasteiger charge is 2.11. The van der Waals surface area contributed by atoms with Crippen molar-refractivity contribution in [3.05, 3.63) is 99.5 Å². The topological polar surface area (TPSA) is 79.8 Å². The van der Waals surface area contributed by atoms with Crippen LogP contribution in [-0.2, 0) is 22.7 Å². The minimum Gasteiger partial charge on any atom is -0.489 e. The molecule has 2 amide bonds. The molecule has 3 aromatic carbocycles. The van der Waals surface area contributed by atoms with Crippen LogP contribution >= 0.6 is 23.2 Å². The molecule has 3 rings (SSSR count). The molecule has 2 N–H and O–H groups in total. The monoisotopic (exact) mass is 455 g/mol. The Balaban J connectivity index is 1.50. The Morgan fingerprint density at radius 3 is 2.35 bits per heavy atom. The van der Waals surface area contributed by atoms with Crippen LogP contribution in [0.2, 0.25) is 10.0 Å². The summed E-state index contributed by atoms with van der Waals surface area (Å²) in [4.78, 5) is 23.7. The first kappa shape index (κ1) is 22.3. The molecule has 0 saturated heterocycles. The molecule has 0 spiro atoms. The van der Waals surface area contributed by atoms with Gasteiger partial charge in [-0.15, -0.1) is 0 Å². The number of nitrogens with one attached hydrogen (secondary N) is 2. The highest BCUT2D eigenvalue weighted by Crippen LogP contribution is 2.26. The van der Waals surface area contributed by atoms with Gasteiger partial charge in [0.05, 0.1) is 6.21 Å². The number of halogens is 2. The molecule has 0 atom stereocenters. The van der Waals surface area contributed by atoms with Crippen molar-refractivity contribution in [2.45, 2.75) is 13.2 Å². The third-order valence-corrected chi connectivity index (χ3v) is 4.89. The number of hydrazone groups is 1. The van der Waals surface area contributed by atoms with E-state index in [1.54, 1.807) is 42.5 Å². The number of carbonyl (C=O) groups is 2. The Bertz CT molecular complexity index is 1070. The zero-order valence-electron chi connectivity index (χ0n) is 16.3. The van der Waals surface area contributed by atoms with Gasteiger partial charge in [-0.1, -0.05) is 71.7 Å². The summed E-state index contributed by atoms with van der Waals surface area (Å²) in [6.45, 7) is 0.461. The molecule has 0 fully saturated rings. The van der Waals surface area contributed by atoms with Gasteiger partial charge >= 0.3 is 11.8 Å². The molecule has 0 heterocycles. The summed E-state index contributed by atoms with van der Waals surface area (Å²) < 4.78 is 5.75. The molecule has 0 aliphatic carbocycles. The highest BCUT2D eigenvalue weighted by atomic mass is 35.5. The Morgan fingerprint density at radius 2 is 1.61 bits per heavy atom. The largest absolute Gasteiger partial charge is 0.489 e. The van der Waals surface area contributed by atoms with E-state index in [9.17, 15) is 9.59 Å². The van der Waals surface area contributed by atoms with Crippen LogP contribution in [0.3, 0.4) is 0 Å². The number of rotatable bonds is 7. The van der Waals surface area contributed by atoms with E-state index in [1.807, 2.05) is 30.3 Å². The van der Waals surface area contributed by atoms with E-state index in [0.29, 0.717) is 26.9 Å². The Kier molecular flexibility index (Phi) is 8.04. The van der Waals surface area contributed by atoms with Gasteiger partial charge in [-0.05, 0) is 35.4 Å². The van der Waals surface area contributed by atoms with Crippen LogP contribution in [0.25, 0.3) is 0 Å². The van der Waals surface area contributed by atoms with Crippen LogP contribution < -0.4 is 15.5 Å². The van der Waals surface area contributed by atoms with Gasteiger partial charge in [0.2, 0.25) is 0 Å². The van der Waals surface area contributed by atoms with Gasteiger partial charge in [0.25, 0.3) is 0 Å². The van der Waals surface area contributed by atoms with Crippen molar-refractivity contribution < 1.29 is 14.3 Å². The normalized spacial score (nSPS) is 10.6. The Labute approximate surface area is 189 Å². The van der Waals surface area contributed by atoms with Crippen LogP contribution in [0, 0.1) is 0 Å². The number of nitrogens with zero attached hydrogens (tertiary/aromatic N) is 1. The molecular formula is C23H19Cl2N3O3. The third kappa shape index (κ3) is 6.84. The summed E-state index contributed by atoms with van der Waals surface area (Å²) in [5.41, 5.74) is 4.46. The van der Waals surface area contributed by atoms with E-state index >= 15 is 0 Å². The molecule has 0 aliphatic rings. The van der Waals surface area contributed by atoms with Gasteiger partial charge in [-0.2, -0.15) is 5.10 Å². The summed E-state index contributed by atoms with van der Waals surface area (Å²) in [6, 6.07) is 21.6. The van der Waals surface area contributed by atoms with Gasteiger partial charge in [-0.3, -0.25) is 9.59 Å². The van der Waals surface area contributed by atoms with Crippen molar-refractivity contribution in [2.75, 3.05) is 0 Å². The maximum absolute atomic E-state index is 11.9. The molecule has 0 aliphatic heterocycles. The fraction of sp³-hybridized carbons (Fsp3) is 0.0870. The third-order valence-electron chi connectivity index (χ3n) is 4.18. The van der Waals surface area contributed by atoms with Gasteiger partial charge in [0.1, 0.15) is 12.4 Å². The van der Waals surface area contributed by atoms with Crippen molar-refractivity contribution in [3.8, 4) is 5.75 Å². The highest BCUT2D eigenvalue weighted by molar-refractivity contribution is 6.36. The predicted molar refractivity (Wildman–Crippen MR) is 121 cm³/mol. The van der Waals surface area contributed by atoms with Crippen molar-refractivity contribution in [3.63, 3.8) is 0 Å². The first-order chi connectivity index (χ1) is 15.0. The lowest BCUT2D eigenvalue weighted by atomic mass is 10.2. The van der Waals surface area contributed by atoms with Crippen molar-refractivity contribution in [1.82, 2.24) is 10.7 Å². The molecule has 6 nitrogen and oxygen atoms in total. The summed E-state index contributed by atoms with van der Waals surface area (Å²) >= 11 is 12.3. The SMILES string of the molecule is O=C(NCc1ccccc1)C(=O)N/N=C/c1cccc(OCc2c(Cl)cccc2Cl)c1. The van der Waals surface area contributed by atoms with E-state index in [4.69, 9.17) is 27.9 Å². The Hall–Kier alpha value is -3.35. The maximum atomic E-state index is 11.9. The molecule has 158 valence electrons. The van der Waals surface area contributed by atoms with Crippen LogP contribution in [0.5, 0.6) is 5.75 Å². The lowest BCUT2D eigenvalue weighted by Crippen LogP contribution is -2.37. The smallest absolute Gasteiger partial charge is 0.329 e. The lowest BCUT2D eigenvalue weighted by molar-refractivity contribution is -0.139. The van der Waals surface area contributed by atoms with E-state index in [-0.39, 0.29) is 13.2 Å². The molecule has 8 heteroatoms. The zero-order chi connectivity index (χ0) is 22.1. The summed E-state index contributed by atoms with van der Waals surface area (Å²) in [5.74, 6) is -1.05. The predicted octanol–water partition coefficient (Wildman–Crippen LogP) is 4.34. The Morgan fingerprint density at radius 1 is 0.903 bits per heavy atom. The first-order valence-electron chi connectivity index (χ1n) is 9.34. The molecular weight excluding hydrogens is 437 g/mol. The molecule has 0 bridgehead atoms. The van der Waals surface area contributed by atoms with E-state index < -0.39 is 11.8 Å². The number of amides is 2. The summed E-state index contributed by atoms with van der Waals surface area (Å²) in [6.07, 6.45) is 1.41. The van der Waals surface area contributed by atoms with Crippen LogP contribution in [0.1, 0.15) is 16.7 Å². The van der Waals surface area contributed by atoms with E-state index in [2.05, 4.69) is 15.8 Å². The summed E-state index contributed by atoms with van der Waals surface area (Å²) in [5, 5.41) is 7.41. The number of benzene rings is 3. The van der Waals surface area contributed by atoms with Crippen molar-refractivity contribution >= 4 is 41.2 Å².